The number of piperazine rings is 2. The van der Waals surface area contributed by atoms with Crippen LogP contribution in [0.15, 0.2) is 206 Å². The standard InChI is InChI=1S/C83H86N6O8/c1-58(2)72-44-74(78(96-56-63-21-13-7-14-22-63)46-76(72)94-54-61-17-9-5-10-18-61)82(92)88-50-68-31-27-65(41-70(68)52-88)48-84-33-37-86(38-34-84)80(90)43-60-25-29-67(30-26-60)81(91)87-39-35-85(36-40-87)49-66-28-32-69-51-89(53-71(69)42-66)83(93)75-45-73(59(3)4)77(95-55-62-19-11-6-12-20-62)47-79(75)97-57-64-23-15-8-16-24-64/h5-32,41-42,44-47,58-59H,33-40,43,48-57H2,1-4H3. The highest BCUT2D eigenvalue weighted by atomic mass is 16.5. The largest absolute Gasteiger partial charge is 0.488 e. The van der Waals surface area contributed by atoms with Gasteiger partial charge in [0.05, 0.1) is 17.5 Å². The van der Waals surface area contributed by atoms with E-state index in [1.807, 2.05) is 189 Å². The molecule has 0 atom stereocenters. The Balaban J connectivity index is 0.562. The Kier molecular flexibility index (Phi) is 20.6. The summed E-state index contributed by atoms with van der Waals surface area (Å²) in [6, 6.07) is 68.6. The van der Waals surface area contributed by atoms with Crippen molar-refractivity contribution in [2.45, 2.75) is 112 Å². The van der Waals surface area contributed by atoms with E-state index in [2.05, 4.69) is 73.9 Å². The molecule has 4 aliphatic rings. The van der Waals surface area contributed by atoms with Crippen LogP contribution in [-0.2, 0) is 76.9 Å². The number of ether oxygens (including phenoxy) is 4. The summed E-state index contributed by atoms with van der Waals surface area (Å²) in [6.45, 7) is 19.0. The molecule has 0 saturated carbocycles. The first-order valence-electron chi connectivity index (χ1n) is 34.2. The van der Waals surface area contributed by atoms with Gasteiger partial charge < -0.3 is 38.5 Å². The van der Waals surface area contributed by atoms with Crippen LogP contribution in [0.25, 0.3) is 0 Å². The van der Waals surface area contributed by atoms with Crippen LogP contribution in [0.3, 0.4) is 0 Å². The number of nitrogens with zero attached hydrogens (tertiary/aromatic N) is 6. The van der Waals surface area contributed by atoms with Gasteiger partial charge in [0, 0.05) is 109 Å². The monoisotopic (exact) mass is 1290 g/mol. The van der Waals surface area contributed by atoms with Crippen LogP contribution in [0.5, 0.6) is 23.0 Å². The van der Waals surface area contributed by atoms with E-state index in [9.17, 15) is 19.2 Å². The van der Waals surface area contributed by atoms with Gasteiger partial charge in [-0.25, -0.2) is 0 Å². The number of fused-ring (bicyclic) bond motifs is 2. The van der Waals surface area contributed by atoms with Gasteiger partial charge in [0.1, 0.15) is 49.4 Å². The number of amides is 4. The third kappa shape index (κ3) is 16.1. The number of carbonyl (C=O) groups is 4. The van der Waals surface area contributed by atoms with Crippen LogP contribution in [0, 0.1) is 0 Å². The zero-order valence-corrected chi connectivity index (χ0v) is 56.2. The second kappa shape index (κ2) is 30.4. The first-order chi connectivity index (χ1) is 47.3. The minimum Gasteiger partial charge on any atom is -0.488 e. The molecule has 14 heteroatoms. The molecule has 0 aliphatic carbocycles. The van der Waals surface area contributed by atoms with Crippen LogP contribution >= 0.6 is 0 Å². The van der Waals surface area contributed by atoms with Crippen molar-refractivity contribution in [3.63, 3.8) is 0 Å². The minimum absolute atomic E-state index is 0.000329. The lowest BCUT2D eigenvalue weighted by Gasteiger charge is -2.35. The maximum Gasteiger partial charge on any atom is 0.258 e. The van der Waals surface area contributed by atoms with E-state index in [0.29, 0.717) is 118 Å². The fourth-order valence-corrected chi connectivity index (χ4v) is 13.6. The molecule has 97 heavy (non-hydrogen) atoms. The zero-order chi connectivity index (χ0) is 66.8. The number of hydrogen-bond donors (Lipinski definition) is 0. The van der Waals surface area contributed by atoms with Crippen molar-refractivity contribution in [1.82, 2.24) is 29.4 Å². The van der Waals surface area contributed by atoms with Crippen molar-refractivity contribution < 1.29 is 38.1 Å². The summed E-state index contributed by atoms with van der Waals surface area (Å²) in [7, 11) is 0. The molecule has 0 spiro atoms. The zero-order valence-electron chi connectivity index (χ0n) is 56.2. The smallest absolute Gasteiger partial charge is 0.258 e. The number of hydrogen-bond acceptors (Lipinski definition) is 10. The van der Waals surface area contributed by atoms with Crippen molar-refractivity contribution in [2.75, 3.05) is 52.4 Å². The Morgan fingerprint density at radius 1 is 0.330 bits per heavy atom. The summed E-state index contributed by atoms with van der Waals surface area (Å²) < 4.78 is 25.8. The highest BCUT2D eigenvalue weighted by Crippen LogP contribution is 2.40. The molecular formula is C83H86N6O8. The van der Waals surface area contributed by atoms with Gasteiger partial charge in [-0.1, -0.05) is 198 Å². The molecule has 2 fully saturated rings. The van der Waals surface area contributed by atoms with Crippen molar-refractivity contribution >= 4 is 23.6 Å². The summed E-state index contributed by atoms with van der Waals surface area (Å²) in [6.07, 6.45) is 0.277. The maximum atomic E-state index is 14.7. The van der Waals surface area contributed by atoms with Gasteiger partial charge in [-0.05, 0) is 108 Å². The Morgan fingerprint density at radius 2 is 0.680 bits per heavy atom. The highest BCUT2D eigenvalue weighted by Gasteiger charge is 2.32. The van der Waals surface area contributed by atoms with Crippen molar-refractivity contribution in [3.05, 3.63) is 295 Å². The van der Waals surface area contributed by atoms with E-state index >= 15 is 0 Å². The third-order valence-electron chi connectivity index (χ3n) is 19.2. The molecule has 0 N–H and O–H groups in total. The van der Waals surface area contributed by atoms with E-state index in [0.717, 1.165) is 100 Å². The number of benzene rings is 9. The van der Waals surface area contributed by atoms with E-state index < -0.39 is 0 Å². The second-order valence-corrected chi connectivity index (χ2v) is 26.8. The summed E-state index contributed by atoms with van der Waals surface area (Å²) in [5.41, 5.74) is 15.6. The van der Waals surface area contributed by atoms with Crippen LogP contribution in [-0.4, -0.2) is 105 Å². The van der Waals surface area contributed by atoms with E-state index in [-0.39, 0.29) is 41.9 Å². The van der Waals surface area contributed by atoms with Gasteiger partial charge in [0.25, 0.3) is 17.7 Å². The SMILES string of the molecule is CC(C)c1cc(C(=O)N2Cc3ccc(CN4CCN(C(=O)Cc5ccc(C(=O)N6CCN(Cc7ccc8c(c7)CN(C(=O)c7cc(C(C)C)c(OCc9ccccc9)cc7OCc7ccccc7)C8)CC6)cc5)CC4)cc3C2)c(OCc2ccccc2)cc1OCc1ccccc1. The first-order valence-corrected chi connectivity index (χ1v) is 34.2. The van der Waals surface area contributed by atoms with Gasteiger partial charge in [0.15, 0.2) is 0 Å². The summed E-state index contributed by atoms with van der Waals surface area (Å²) >= 11 is 0. The van der Waals surface area contributed by atoms with Gasteiger partial charge >= 0.3 is 0 Å². The van der Waals surface area contributed by atoms with E-state index in [1.165, 1.54) is 11.1 Å². The Morgan fingerprint density at radius 3 is 1.06 bits per heavy atom. The van der Waals surface area contributed by atoms with Gasteiger partial charge in [-0.3, -0.25) is 29.0 Å². The number of carbonyl (C=O) groups excluding carboxylic acids is 4. The fraction of sp³-hybridized carbons (Fsp3) is 0.301. The number of rotatable bonds is 23. The van der Waals surface area contributed by atoms with Gasteiger partial charge in [-0.2, -0.15) is 0 Å². The lowest BCUT2D eigenvalue weighted by molar-refractivity contribution is -0.132. The quantitative estimate of drug-likeness (QED) is 0.0611. The predicted octanol–water partition coefficient (Wildman–Crippen LogP) is 14.4. The third-order valence-corrected chi connectivity index (χ3v) is 19.2. The van der Waals surface area contributed by atoms with Gasteiger partial charge in [-0.15, -0.1) is 0 Å². The highest BCUT2D eigenvalue weighted by molar-refractivity contribution is 5.99. The molecule has 4 aliphatic heterocycles. The predicted molar refractivity (Wildman–Crippen MR) is 377 cm³/mol. The Bertz CT molecular complexity index is 4230. The molecule has 496 valence electrons. The van der Waals surface area contributed by atoms with Crippen LogP contribution in [0.2, 0.25) is 0 Å². The van der Waals surface area contributed by atoms with Crippen LogP contribution in [0.4, 0.5) is 0 Å². The van der Waals surface area contributed by atoms with E-state index in [1.54, 1.807) is 0 Å². The molecule has 4 heterocycles. The normalized spacial score (nSPS) is 14.8. The summed E-state index contributed by atoms with van der Waals surface area (Å²) in [5.74, 6) is 2.57. The Hall–Kier alpha value is -10.0. The molecule has 13 rings (SSSR count). The molecule has 4 amide bonds. The molecule has 0 radical (unpaired) electrons. The van der Waals surface area contributed by atoms with Crippen molar-refractivity contribution in [2.24, 2.45) is 0 Å². The average Bonchev–Trinajstić information content (AvgIpc) is 1.76. The lowest BCUT2D eigenvalue weighted by Crippen LogP contribution is -2.48. The molecular weight excluding hydrogens is 1210 g/mol. The molecule has 9 aromatic rings. The van der Waals surface area contributed by atoms with Crippen LogP contribution in [0.1, 0.15) is 143 Å². The Labute approximate surface area is 570 Å². The maximum absolute atomic E-state index is 14.7. The topological polar surface area (TPSA) is 125 Å². The molecule has 0 unspecified atom stereocenters. The lowest BCUT2D eigenvalue weighted by atomic mass is 9.98. The van der Waals surface area contributed by atoms with Crippen LogP contribution < -0.4 is 18.9 Å². The van der Waals surface area contributed by atoms with Crippen molar-refractivity contribution in [3.8, 4) is 23.0 Å². The molecule has 0 bridgehead atoms. The van der Waals surface area contributed by atoms with Crippen molar-refractivity contribution in [1.29, 1.82) is 0 Å². The molecule has 9 aromatic carbocycles. The average molecular weight is 1300 g/mol. The van der Waals surface area contributed by atoms with Gasteiger partial charge in [0.2, 0.25) is 5.91 Å². The second-order valence-electron chi connectivity index (χ2n) is 26.8. The fourth-order valence-electron chi connectivity index (χ4n) is 13.6. The summed E-state index contributed by atoms with van der Waals surface area (Å²) in [5, 5.41) is 0. The van der Waals surface area contributed by atoms with E-state index in [4.69, 9.17) is 18.9 Å². The summed E-state index contributed by atoms with van der Waals surface area (Å²) in [4.78, 5) is 69.4. The molecule has 2 saturated heterocycles. The minimum atomic E-state index is -0.0761. The molecule has 14 nitrogen and oxygen atoms in total. The molecule has 0 aromatic heterocycles. The first kappa shape index (κ1) is 65.6.